The maximum atomic E-state index is 13.8. The van der Waals surface area contributed by atoms with Crippen LogP contribution in [0.25, 0.3) is 0 Å². The normalized spacial score (nSPS) is 14.5. The first-order chi connectivity index (χ1) is 18.4. The van der Waals surface area contributed by atoms with E-state index in [1.165, 1.54) is 6.42 Å². The number of aryl methyl sites for hydroxylation is 1. The Hall–Kier alpha value is -3.31. The van der Waals surface area contributed by atoms with Crippen molar-refractivity contribution in [3.8, 4) is 5.75 Å². The molecule has 3 aromatic rings. The summed E-state index contributed by atoms with van der Waals surface area (Å²) in [7, 11) is 0. The largest absolute Gasteiger partial charge is 0.483 e. The van der Waals surface area contributed by atoms with E-state index in [1.807, 2.05) is 74.5 Å². The highest BCUT2D eigenvalue weighted by atomic mass is 35.5. The van der Waals surface area contributed by atoms with Crippen LogP contribution in [0.4, 0.5) is 0 Å². The molecule has 1 saturated carbocycles. The molecule has 1 fully saturated rings. The highest BCUT2D eigenvalue weighted by Gasteiger charge is 2.32. The van der Waals surface area contributed by atoms with Crippen molar-refractivity contribution in [1.29, 1.82) is 0 Å². The molecule has 38 heavy (non-hydrogen) atoms. The van der Waals surface area contributed by atoms with E-state index in [4.69, 9.17) is 16.3 Å². The number of rotatable bonds is 10. The van der Waals surface area contributed by atoms with Crippen LogP contribution in [0.5, 0.6) is 5.75 Å². The minimum absolute atomic E-state index is 0.116. The molecule has 1 N–H and O–H groups in total. The Kier molecular flexibility index (Phi) is 9.83. The third-order valence-electron chi connectivity index (χ3n) is 7.39. The standard InChI is InChI=1S/C32H37ClN2O3/c1-23-10-9-15-30(24(23)2)38-22-31(36)35(21-26-16-18-27(33)19-17-26)29(20-25-11-5-3-6-12-25)32(37)34-28-13-7-4-8-14-28/h3,5-6,9-12,15-19,28-29H,4,7-8,13-14,20-22H2,1-2H3,(H,34,37)/t29-/m1/s1. The van der Waals surface area contributed by atoms with E-state index in [2.05, 4.69) is 5.32 Å². The molecule has 1 atom stereocenters. The van der Waals surface area contributed by atoms with Crippen LogP contribution in [0.2, 0.25) is 5.02 Å². The molecular formula is C32H37ClN2O3. The van der Waals surface area contributed by atoms with Crippen LogP contribution in [0.1, 0.15) is 54.4 Å². The summed E-state index contributed by atoms with van der Waals surface area (Å²) in [5.41, 5.74) is 4.00. The number of hydrogen-bond acceptors (Lipinski definition) is 3. The lowest BCUT2D eigenvalue weighted by atomic mass is 9.94. The third-order valence-corrected chi connectivity index (χ3v) is 7.65. The van der Waals surface area contributed by atoms with E-state index in [0.717, 1.165) is 47.9 Å². The Bertz CT molecular complexity index is 1210. The van der Waals surface area contributed by atoms with Crippen molar-refractivity contribution >= 4 is 23.4 Å². The Morgan fingerprint density at radius 2 is 1.63 bits per heavy atom. The van der Waals surface area contributed by atoms with Crippen LogP contribution in [-0.2, 0) is 22.6 Å². The van der Waals surface area contributed by atoms with Gasteiger partial charge in [-0.05, 0) is 67.1 Å². The van der Waals surface area contributed by atoms with Crippen LogP contribution in [0.15, 0.2) is 72.8 Å². The van der Waals surface area contributed by atoms with Crippen molar-refractivity contribution < 1.29 is 14.3 Å². The molecule has 4 rings (SSSR count). The second kappa shape index (κ2) is 13.5. The molecule has 0 aliphatic heterocycles. The Labute approximate surface area is 231 Å². The molecule has 200 valence electrons. The minimum Gasteiger partial charge on any atom is -0.483 e. The average Bonchev–Trinajstić information content (AvgIpc) is 2.93. The second-order valence-electron chi connectivity index (χ2n) is 10.2. The maximum Gasteiger partial charge on any atom is 0.261 e. The first-order valence-corrected chi connectivity index (χ1v) is 13.9. The van der Waals surface area contributed by atoms with Gasteiger partial charge in [0.05, 0.1) is 0 Å². The zero-order valence-electron chi connectivity index (χ0n) is 22.3. The summed E-state index contributed by atoms with van der Waals surface area (Å²) in [5.74, 6) is 0.325. The fraction of sp³-hybridized carbons (Fsp3) is 0.375. The summed E-state index contributed by atoms with van der Waals surface area (Å²) in [6.07, 6.45) is 5.81. The Morgan fingerprint density at radius 1 is 0.921 bits per heavy atom. The number of benzene rings is 3. The summed E-state index contributed by atoms with van der Waals surface area (Å²) in [6.45, 7) is 4.13. The minimum atomic E-state index is -0.676. The number of carbonyl (C=O) groups excluding carboxylic acids is 2. The van der Waals surface area contributed by atoms with Gasteiger partial charge in [-0.15, -0.1) is 0 Å². The van der Waals surface area contributed by atoms with Gasteiger partial charge in [0, 0.05) is 24.0 Å². The van der Waals surface area contributed by atoms with E-state index < -0.39 is 6.04 Å². The van der Waals surface area contributed by atoms with Gasteiger partial charge in [0.25, 0.3) is 5.91 Å². The summed E-state index contributed by atoms with van der Waals surface area (Å²) in [5, 5.41) is 3.89. The van der Waals surface area contributed by atoms with Gasteiger partial charge in [0.2, 0.25) is 5.91 Å². The van der Waals surface area contributed by atoms with Crippen LogP contribution >= 0.6 is 11.6 Å². The highest BCUT2D eigenvalue weighted by Crippen LogP contribution is 2.23. The molecule has 0 aromatic heterocycles. The number of carbonyl (C=O) groups is 2. The van der Waals surface area contributed by atoms with Gasteiger partial charge in [-0.2, -0.15) is 0 Å². The SMILES string of the molecule is Cc1cccc(OCC(=O)N(Cc2ccc(Cl)cc2)[C@H](Cc2ccccc2)C(=O)NC2CCCCC2)c1C. The predicted octanol–water partition coefficient (Wildman–Crippen LogP) is 6.42. The highest BCUT2D eigenvalue weighted by molar-refractivity contribution is 6.30. The fourth-order valence-electron chi connectivity index (χ4n) is 4.99. The number of ether oxygens (including phenoxy) is 1. The number of amides is 2. The van der Waals surface area contributed by atoms with E-state index in [9.17, 15) is 9.59 Å². The molecular weight excluding hydrogens is 496 g/mol. The number of hydrogen-bond donors (Lipinski definition) is 1. The van der Waals surface area contributed by atoms with Gasteiger partial charge in [0.15, 0.2) is 6.61 Å². The Morgan fingerprint density at radius 3 is 2.34 bits per heavy atom. The van der Waals surface area contributed by atoms with E-state index in [-0.39, 0.29) is 31.0 Å². The van der Waals surface area contributed by atoms with Crippen LogP contribution in [0, 0.1) is 13.8 Å². The molecule has 0 unspecified atom stereocenters. The molecule has 5 nitrogen and oxygen atoms in total. The van der Waals surface area contributed by atoms with Gasteiger partial charge < -0.3 is 15.0 Å². The van der Waals surface area contributed by atoms with Crippen molar-refractivity contribution in [3.05, 3.63) is 100 Å². The topological polar surface area (TPSA) is 58.6 Å². The van der Waals surface area contributed by atoms with Crippen molar-refractivity contribution in [2.45, 2.75) is 71.0 Å². The van der Waals surface area contributed by atoms with Gasteiger partial charge in [0.1, 0.15) is 11.8 Å². The fourth-order valence-corrected chi connectivity index (χ4v) is 5.11. The predicted molar refractivity (Wildman–Crippen MR) is 152 cm³/mol. The Balaban J connectivity index is 1.62. The molecule has 1 aliphatic carbocycles. The molecule has 1 aliphatic rings. The van der Waals surface area contributed by atoms with Gasteiger partial charge >= 0.3 is 0 Å². The smallest absolute Gasteiger partial charge is 0.261 e. The lowest BCUT2D eigenvalue weighted by Crippen LogP contribution is -2.53. The first kappa shape index (κ1) is 27.7. The van der Waals surface area contributed by atoms with Crippen molar-refractivity contribution in [2.75, 3.05) is 6.61 Å². The van der Waals surface area contributed by atoms with E-state index >= 15 is 0 Å². The van der Waals surface area contributed by atoms with Crippen LogP contribution in [-0.4, -0.2) is 35.4 Å². The van der Waals surface area contributed by atoms with Gasteiger partial charge in [-0.3, -0.25) is 9.59 Å². The van der Waals surface area contributed by atoms with Crippen molar-refractivity contribution in [3.63, 3.8) is 0 Å². The molecule has 0 bridgehead atoms. The zero-order chi connectivity index (χ0) is 26.9. The van der Waals surface area contributed by atoms with Crippen LogP contribution < -0.4 is 10.1 Å². The van der Waals surface area contributed by atoms with Crippen molar-refractivity contribution in [2.24, 2.45) is 0 Å². The summed E-state index contributed by atoms with van der Waals surface area (Å²) >= 11 is 6.12. The number of nitrogens with one attached hydrogen (secondary N) is 1. The summed E-state index contributed by atoms with van der Waals surface area (Å²) < 4.78 is 6.00. The zero-order valence-corrected chi connectivity index (χ0v) is 23.0. The molecule has 2 amide bonds. The monoisotopic (exact) mass is 532 g/mol. The lowest BCUT2D eigenvalue weighted by molar-refractivity contribution is -0.143. The third kappa shape index (κ3) is 7.61. The lowest BCUT2D eigenvalue weighted by Gasteiger charge is -2.33. The van der Waals surface area contributed by atoms with E-state index in [0.29, 0.717) is 17.2 Å². The van der Waals surface area contributed by atoms with E-state index in [1.54, 1.807) is 17.0 Å². The quantitative estimate of drug-likeness (QED) is 0.327. The van der Waals surface area contributed by atoms with Crippen molar-refractivity contribution in [1.82, 2.24) is 10.2 Å². The summed E-state index contributed by atoms with van der Waals surface area (Å²) in [6, 6.07) is 22.5. The first-order valence-electron chi connectivity index (χ1n) is 13.5. The molecule has 0 spiro atoms. The van der Waals surface area contributed by atoms with Crippen LogP contribution in [0.3, 0.4) is 0 Å². The maximum absolute atomic E-state index is 13.8. The molecule has 0 heterocycles. The average molecular weight is 533 g/mol. The molecule has 0 saturated heterocycles. The molecule has 3 aromatic carbocycles. The van der Waals surface area contributed by atoms with Gasteiger partial charge in [-0.25, -0.2) is 0 Å². The molecule has 6 heteroatoms. The van der Waals surface area contributed by atoms with Gasteiger partial charge in [-0.1, -0.05) is 85.5 Å². The molecule has 0 radical (unpaired) electrons. The summed E-state index contributed by atoms with van der Waals surface area (Å²) in [4.78, 5) is 29.3. The second-order valence-corrected chi connectivity index (χ2v) is 10.6. The number of nitrogens with zero attached hydrogens (tertiary/aromatic N) is 1. The number of halogens is 1.